The summed E-state index contributed by atoms with van der Waals surface area (Å²) in [4.78, 5) is 12.6. The number of rotatable bonds is 7. The summed E-state index contributed by atoms with van der Waals surface area (Å²) in [6.45, 7) is 0.116. The van der Waals surface area contributed by atoms with Crippen LogP contribution in [0.5, 0.6) is 17.2 Å². The number of aromatic nitrogens is 4. The Labute approximate surface area is 166 Å². The lowest BCUT2D eigenvalue weighted by Crippen LogP contribution is -2.25. The molecule has 3 rings (SSSR count). The molecule has 28 heavy (non-hydrogen) atoms. The molecule has 146 valence electrons. The van der Waals surface area contributed by atoms with Crippen molar-refractivity contribution in [2.24, 2.45) is 0 Å². The van der Waals surface area contributed by atoms with Crippen molar-refractivity contribution in [1.29, 1.82) is 0 Å². The van der Waals surface area contributed by atoms with E-state index in [1.807, 2.05) is 0 Å². The van der Waals surface area contributed by atoms with Crippen LogP contribution in [0.4, 0.5) is 0 Å². The number of amides is 1. The molecule has 0 aliphatic carbocycles. The van der Waals surface area contributed by atoms with Crippen LogP contribution in [-0.4, -0.2) is 47.4 Å². The van der Waals surface area contributed by atoms with E-state index in [1.165, 1.54) is 26.0 Å². The summed E-state index contributed by atoms with van der Waals surface area (Å²) in [5.74, 6) is 1.30. The number of halogens is 1. The summed E-state index contributed by atoms with van der Waals surface area (Å²) in [5, 5.41) is 15.0. The largest absolute Gasteiger partial charge is 0.493 e. The fourth-order valence-corrected chi connectivity index (χ4v) is 2.70. The van der Waals surface area contributed by atoms with Crippen molar-refractivity contribution in [2.45, 2.75) is 6.54 Å². The number of ether oxygens (including phenoxy) is 3. The maximum Gasteiger partial charge on any atom is 0.251 e. The number of benzene rings is 2. The van der Waals surface area contributed by atoms with Crippen molar-refractivity contribution in [3.63, 3.8) is 0 Å². The molecule has 0 unspecified atom stereocenters. The molecule has 0 spiro atoms. The minimum absolute atomic E-state index is 0.116. The predicted octanol–water partition coefficient (Wildman–Crippen LogP) is 2.27. The lowest BCUT2D eigenvalue weighted by Gasteiger charge is -2.14. The third-order valence-corrected chi connectivity index (χ3v) is 4.19. The number of tetrazole rings is 1. The van der Waals surface area contributed by atoms with Gasteiger partial charge in [0, 0.05) is 10.6 Å². The van der Waals surface area contributed by atoms with E-state index < -0.39 is 0 Å². The Morgan fingerprint density at radius 2 is 1.71 bits per heavy atom. The Balaban J connectivity index is 1.78. The normalized spacial score (nSPS) is 10.4. The van der Waals surface area contributed by atoms with Crippen molar-refractivity contribution in [3.05, 3.63) is 52.8 Å². The van der Waals surface area contributed by atoms with E-state index in [2.05, 4.69) is 20.8 Å². The quantitative estimate of drug-likeness (QED) is 0.645. The maximum atomic E-state index is 12.6. The zero-order chi connectivity index (χ0) is 20.1. The highest BCUT2D eigenvalue weighted by Crippen LogP contribution is 2.38. The molecular weight excluding hydrogens is 386 g/mol. The highest BCUT2D eigenvalue weighted by atomic mass is 35.5. The Kier molecular flexibility index (Phi) is 5.95. The van der Waals surface area contributed by atoms with Crippen molar-refractivity contribution >= 4 is 17.5 Å². The average molecular weight is 404 g/mol. The molecule has 9 nitrogen and oxygen atoms in total. The zero-order valence-electron chi connectivity index (χ0n) is 15.5. The number of nitrogens with one attached hydrogen (secondary N) is 1. The van der Waals surface area contributed by atoms with Gasteiger partial charge in [-0.3, -0.25) is 4.79 Å². The summed E-state index contributed by atoms with van der Waals surface area (Å²) >= 11 is 5.91. The number of carbonyl (C=O) groups is 1. The number of hydrogen-bond acceptors (Lipinski definition) is 7. The lowest BCUT2D eigenvalue weighted by molar-refractivity contribution is 0.0948. The van der Waals surface area contributed by atoms with Crippen LogP contribution in [-0.2, 0) is 6.54 Å². The molecule has 0 bridgehead atoms. The molecule has 1 N–H and O–H groups in total. The highest BCUT2D eigenvalue weighted by Gasteiger charge is 2.18. The first-order chi connectivity index (χ1) is 13.6. The van der Waals surface area contributed by atoms with E-state index in [0.717, 1.165) is 5.69 Å². The smallest absolute Gasteiger partial charge is 0.251 e. The van der Waals surface area contributed by atoms with Crippen LogP contribution in [0.2, 0.25) is 5.02 Å². The van der Waals surface area contributed by atoms with Crippen LogP contribution in [0, 0.1) is 0 Å². The fraction of sp³-hybridized carbons (Fsp3) is 0.222. The molecule has 10 heteroatoms. The summed E-state index contributed by atoms with van der Waals surface area (Å²) in [7, 11) is 4.47. The monoisotopic (exact) mass is 403 g/mol. The van der Waals surface area contributed by atoms with Crippen LogP contribution in [0.3, 0.4) is 0 Å². The third kappa shape index (κ3) is 3.99. The number of methoxy groups -OCH3 is 3. The molecule has 0 radical (unpaired) electrons. The van der Waals surface area contributed by atoms with Gasteiger partial charge in [-0.25, -0.2) is 0 Å². The molecule has 0 saturated heterocycles. The topological polar surface area (TPSA) is 100 Å². The molecular formula is C18H18ClN5O4. The summed E-state index contributed by atoms with van der Waals surface area (Å²) in [5.41, 5.74) is 1.08. The maximum absolute atomic E-state index is 12.6. The number of carbonyl (C=O) groups excluding carboxylic acids is 1. The third-order valence-electron chi connectivity index (χ3n) is 3.94. The number of hydrogen-bond donors (Lipinski definition) is 1. The highest BCUT2D eigenvalue weighted by molar-refractivity contribution is 6.30. The van der Waals surface area contributed by atoms with Gasteiger partial charge < -0.3 is 19.5 Å². The summed E-state index contributed by atoms with van der Waals surface area (Å²) in [6, 6.07) is 10.2. The Bertz CT molecular complexity index is 949. The average Bonchev–Trinajstić information content (AvgIpc) is 3.19. The fourth-order valence-electron chi connectivity index (χ4n) is 2.57. The van der Waals surface area contributed by atoms with Crippen LogP contribution < -0.4 is 19.5 Å². The van der Waals surface area contributed by atoms with Gasteiger partial charge in [0.05, 0.1) is 33.6 Å². The number of nitrogens with zero attached hydrogens (tertiary/aromatic N) is 4. The van der Waals surface area contributed by atoms with Gasteiger partial charge in [-0.2, -0.15) is 4.68 Å². The molecule has 1 aromatic heterocycles. The molecule has 1 heterocycles. The predicted molar refractivity (Wildman–Crippen MR) is 101 cm³/mol. The first-order valence-electron chi connectivity index (χ1n) is 8.18. The van der Waals surface area contributed by atoms with Gasteiger partial charge in [0.25, 0.3) is 5.91 Å². The van der Waals surface area contributed by atoms with Crippen LogP contribution in [0.15, 0.2) is 36.4 Å². The van der Waals surface area contributed by atoms with Gasteiger partial charge in [0.1, 0.15) is 0 Å². The molecule has 0 aliphatic heterocycles. The minimum Gasteiger partial charge on any atom is -0.493 e. The van der Waals surface area contributed by atoms with Crippen molar-refractivity contribution in [2.75, 3.05) is 21.3 Å². The zero-order valence-corrected chi connectivity index (χ0v) is 16.2. The molecule has 0 saturated carbocycles. The van der Waals surface area contributed by atoms with E-state index in [4.69, 9.17) is 25.8 Å². The van der Waals surface area contributed by atoms with Gasteiger partial charge in [0.15, 0.2) is 17.3 Å². The van der Waals surface area contributed by atoms with Gasteiger partial charge >= 0.3 is 0 Å². The van der Waals surface area contributed by atoms with Crippen LogP contribution >= 0.6 is 11.6 Å². The second kappa shape index (κ2) is 8.57. The lowest BCUT2D eigenvalue weighted by atomic mass is 10.1. The van der Waals surface area contributed by atoms with Crippen molar-refractivity contribution in [1.82, 2.24) is 25.5 Å². The van der Waals surface area contributed by atoms with Crippen LogP contribution in [0.25, 0.3) is 5.69 Å². The second-order valence-electron chi connectivity index (χ2n) is 5.58. The summed E-state index contributed by atoms with van der Waals surface area (Å²) < 4.78 is 17.3. The molecule has 0 atom stereocenters. The van der Waals surface area contributed by atoms with Gasteiger partial charge in [-0.05, 0) is 46.8 Å². The first-order valence-corrected chi connectivity index (χ1v) is 8.56. The SMILES string of the molecule is COc1cc(C(=O)NCc2nnnn2-c2ccc(Cl)cc2)cc(OC)c1OC. The van der Waals surface area contributed by atoms with Crippen molar-refractivity contribution < 1.29 is 19.0 Å². The van der Waals surface area contributed by atoms with E-state index >= 15 is 0 Å². The van der Waals surface area contributed by atoms with Crippen molar-refractivity contribution in [3.8, 4) is 22.9 Å². The molecule has 1 amide bonds. The van der Waals surface area contributed by atoms with Gasteiger partial charge in [0.2, 0.25) is 5.75 Å². The van der Waals surface area contributed by atoms with Gasteiger partial charge in [-0.1, -0.05) is 11.6 Å². The molecule has 3 aromatic rings. The molecule has 2 aromatic carbocycles. The molecule has 0 fully saturated rings. The van der Waals surface area contributed by atoms with E-state index in [-0.39, 0.29) is 12.5 Å². The Morgan fingerprint density at radius 1 is 1.07 bits per heavy atom. The van der Waals surface area contributed by atoms with Gasteiger partial charge in [-0.15, -0.1) is 5.10 Å². The first kappa shape index (κ1) is 19.4. The minimum atomic E-state index is -0.343. The van der Waals surface area contributed by atoms with E-state index in [9.17, 15) is 4.79 Å². The Morgan fingerprint density at radius 3 is 2.29 bits per heavy atom. The summed E-state index contributed by atoms with van der Waals surface area (Å²) in [6.07, 6.45) is 0. The van der Waals surface area contributed by atoms with Crippen LogP contribution in [0.1, 0.15) is 16.2 Å². The van der Waals surface area contributed by atoms with E-state index in [0.29, 0.717) is 33.7 Å². The standard InChI is InChI=1S/C18H18ClN5O4/c1-26-14-8-11(9-15(27-2)17(14)28-3)18(25)20-10-16-21-22-23-24(16)13-6-4-12(19)5-7-13/h4-9H,10H2,1-3H3,(H,20,25). The Hall–Kier alpha value is -3.33. The van der Waals surface area contributed by atoms with E-state index in [1.54, 1.807) is 36.4 Å². The molecule has 0 aliphatic rings. The second-order valence-corrected chi connectivity index (χ2v) is 6.02.